The van der Waals surface area contributed by atoms with Gasteiger partial charge in [0.25, 0.3) is 11.8 Å². The van der Waals surface area contributed by atoms with Gasteiger partial charge in [0, 0.05) is 25.5 Å². The lowest BCUT2D eigenvalue weighted by molar-refractivity contribution is 0.102. The zero-order valence-electron chi connectivity index (χ0n) is 23.5. The normalized spacial score (nSPS) is 10.8. The smallest absolute Gasteiger partial charge is 0.259 e. The van der Waals surface area contributed by atoms with Gasteiger partial charge in [0.2, 0.25) is 0 Å². The van der Waals surface area contributed by atoms with Crippen LogP contribution in [0.5, 0.6) is 5.75 Å². The van der Waals surface area contributed by atoms with Crippen molar-refractivity contribution in [1.29, 1.82) is 0 Å². The Morgan fingerprint density at radius 3 is 1.66 bits per heavy atom. The van der Waals surface area contributed by atoms with Gasteiger partial charge < -0.3 is 15.4 Å². The SMILES string of the molecule is COc1ccc(C(=O)Nc2cccc(Cc3cccc(I)c3)c2F)cc1C(=O)Nc1cccc(Cc2cccc(I)c2)c1F. The van der Waals surface area contributed by atoms with E-state index in [1.54, 1.807) is 24.3 Å². The van der Waals surface area contributed by atoms with Crippen LogP contribution in [0.1, 0.15) is 43.0 Å². The maximum Gasteiger partial charge on any atom is 0.259 e. The Hall–Kier alpha value is -3.84. The molecule has 0 fully saturated rings. The van der Waals surface area contributed by atoms with E-state index in [0.29, 0.717) is 24.0 Å². The first kappa shape index (κ1) is 31.6. The lowest BCUT2D eigenvalue weighted by Crippen LogP contribution is -2.18. The summed E-state index contributed by atoms with van der Waals surface area (Å²) in [6, 6.07) is 29.4. The number of amides is 2. The maximum absolute atomic E-state index is 15.4. The van der Waals surface area contributed by atoms with Gasteiger partial charge in [-0.15, -0.1) is 0 Å². The summed E-state index contributed by atoms with van der Waals surface area (Å²) in [4.78, 5) is 26.5. The summed E-state index contributed by atoms with van der Waals surface area (Å²) >= 11 is 4.41. The molecule has 222 valence electrons. The van der Waals surface area contributed by atoms with Gasteiger partial charge in [-0.1, -0.05) is 48.5 Å². The summed E-state index contributed by atoms with van der Waals surface area (Å²) in [6.45, 7) is 0. The highest BCUT2D eigenvalue weighted by atomic mass is 127. The molecule has 0 aliphatic carbocycles. The molecule has 5 aromatic rings. The molecule has 5 rings (SSSR count). The Bertz CT molecular complexity index is 1860. The lowest BCUT2D eigenvalue weighted by atomic mass is 10.0. The quantitative estimate of drug-likeness (QED) is 0.146. The van der Waals surface area contributed by atoms with Crippen LogP contribution >= 0.6 is 45.2 Å². The largest absolute Gasteiger partial charge is 0.496 e. The van der Waals surface area contributed by atoms with Crippen molar-refractivity contribution < 1.29 is 23.1 Å². The van der Waals surface area contributed by atoms with Crippen LogP contribution in [0.3, 0.4) is 0 Å². The number of nitrogens with one attached hydrogen (secondary N) is 2. The standard InChI is InChI=1S/C35H26F2I2N2O3/c1-44-31-15-14-25(34(42)40-29-12-4-8-23(32(29)36)16-21-6-2-10-26(38)18-21)20-28(31)35(43)41-30-13-5-9-24(33(30)37)17-22-7-3-11-27(39)19-22/h2-15,18-20H,16-17H2,1H3,(H,40,42)(H,41,43). The highest BCUT2D eigenvalue weighted by Gasteiger charge is 2.20. The van der Waals surface area contributed by atoms with E-state index in [4.69, 9.17) is 4.74 Å². The minimum Gasteiger partial charge on any atom is -0.496 e. The molecule has 9 heteroatoms. The van der Waals surface area contributed by atoms with E-state index in [1.165, 1.54) is 37.4 Å². The van der Waals surface area contributed by atoms with Crippen molar-refractivity contribution in [2.75, 3.05) is 17.7 Å². The second kappa shape index (κ2) is 14.3. The van der Waals surface area contributed by atoms with Gasteiger partial charge in [-0.3, -0.25) is 9.59 Å². The average molecular weight is 814 g/mol. The molecule has 0 aromatic heterocycles. The van der Waals surface area contributed by atoms with E-state index in [2.05, 4.69) is 55.8 Å². The van der Waals surface area contributed by atoms with Crippen molar-refractivity contribution in [2.24, 2.45) is 0 Å². The van der Waals surface area contributed by atoms with Crippen LogP contribution in [-0.4, -0.2) is 18.9 Å². The summed E-state index contributed by atoms with van der Waals surface area (Å²) in [5.74, 6) is -2.16. The molecule has 0 atom stereocenters. The number of benzene rings is 5. The Morgan fingerprint density at radius 2 is 1.16 bits per heavy atom. The number of hydrogen-bond acceptors (Lipinski definition) is 3. The van der Waals surface area contributed by atoms with Crippen molar-refractivity contribution in [2.45, 2.75) is 12.8 Å². The second-order valence-electron chi connectivity index (χ2n) is 9.99. The summed E-state index contributed by atoms with van der Waals surface area (Å²) in [6.07, 6.45) is 0.718. The lowest BCUT2D eigenvalue weighted by Gasteiger charge is -2.14. The fourth-order valence-electron chi connectivity index (χ4n) is 4.77. The second-order valence-corrected chi connectivity index (χ2v) is 12.5. The molecule has 0 saturated carbocycles. The maximum atomic E-state index is 15.4. The topological polar surface area (TPSA) is 67.4 Å². The highest BCUT2D eigenvalue weighted by Crippen LogP contribution is 2.27. The van der Waals surface area contributed by atoms with Gasteiger partial charge in [-0.2, -0.15) is 0 Å². The van der Waals surface area contributed by atoms with Crippen LogP contribution in [0.25, 0.3) is 0 Å². The zero-order valence-corrected chi connectivity index (χ0v) is 27.8. The van der Waals surface area contributed by atoms with Crippen LogP contribution in [-0.2, 0) is 12.8 Å². The van der Waals surface area contributed by atoms with Crippen LogP contribution in [0.4, 0.5) is 20.2 Å². The molecule has 0 spiro atoms. The summed E-state index contributed by atoms with van der Waals surface area (Å²) in [5, 5.41) is 5.22. The molecule has 0 aliphatic rings. The predicted molar refractivity (Wildman–Crippen MR) is 186 cm³/mol. The van der Waals surface area contributed by atoms with Crippen molar-refractivity contribution in [3.05, 3.63) is 155 Å². The van der Waals surface area contributed by atoms with Gasteiger partial charge in [0.15, 0.2) is 0 Å². The highest BCUT2D eigenvalue weighted by molar-refractivity contribution is 14.1. The molecule has 0 aliphatic heterocycles. The van der Waals surface area contributed by atoms with Gasteiger partial charge in [0.05, 0.1) is 24.0 Å². The monoisotopic (exact) mass is 814 g/mol. The molecule has 0 unspecified atom stereocenters. The Kier molecular flexibility index (Phi) is 10.3. The van der Waals surface area contributed by atoms with Crippen molar-refractivity contribution >= 4 is 68.4 Å². The summed E-state index contributed by atoms with van der Waals surface area (Å²) in [7, 11) is 1.39. The third-order valence-electron chi connectivity index (χ3n) is 6.93. The Morgan fingerprint density at radius 1 is 0.659 bits per heavy atom. The van der Waals surface area contributed by atoms with Crippen LogP contribution in [0.2, 0.25) is 0 Å². The van der Waals surface area contributed by atoms with E-state index < -0.39 is 23.4 Å². The molecule has 0 bridgehead atoms. The van der Waals surface area contributed by atoms with Crippen molar-refractivity contribution in [1.82, 2.24) is 0 Å². The number of carbonyl (C=O) groups excluding carboxylic acids is 2. The molecule has 5 aromatic carbocycles. The first-order valence-corrected chi connectivity index (χ1v) is 15.7. The number of methoxy groups -OCH3 is 1. The van der Waals surface area contributed by atoms with E-state index in [0.717, 1.165) is 18.3 Å². The fourth-order valence-corrected chi connectivity index (χ4v) is 5.99. The van der Waals surface area contributed by atoms with E-state index in [1.807, 2.05) is 48.5 Å². The molecule has 44 heavy (non-hydrogen) atoms. The molecule has 0 saturated heterocycles. The first-order valence-electron chi connectivity index (χ1n) is 13.6. The number of rotatable bonds is 9. The molecular formula is C35H26F2I2N2O3. The predicted octanol–water partition coefficient (Wildman–Crippen LogP) is 8.87. The van der Waals surface area contributed by atoms with Crippen LogP contribution in [0, 0.1) is 18.8 Å². The molecule has 0 radical (unpaired) electrons. The van der Waals surface area contributed by atoms with Crippen molar-refractivity contribution in [3.8, 4) is 5.75 Å². The number of anilines is 2. The number of hydrogen-bond donors (Lipinski definition) is 2. The van der Waals surface area contributed by atoms with E-state index in [9.17, 15) is 9.59 Å². The Balaban J connectivity index is 1.34. The van der Waals surface area contributed by atoms with Gasteiger partial charge >= 0.3 is 0 Å². The molecule has 2 amide bonds. The third-order valence-corrected chi connectivity index (χ3v) is 8.27. The minimum atomic E-state index is -0.660. The fraction of sp³-hybridized carbons (Fsp3) is 0.0857. The Labute approximate surface area is 281 Å². The van der Waals surface area contributed by atoms with Crippen LogP contribution < -0.4 is 15.4 Å². The molecule has 5 nitrogen and oxygen atoms in total. The number of halogens is 4. The zero-order chi connectivity index (χ0) is 31.2. The van der Waals surface area contributed by atoms with E-state index >= 15 is 8.78 Å². The van der Waals surface area contributed by atoms with Gasteiger partial charge in [0.1, 0.15) is 17.4 Å². The van der Waals surface area contributed by atoms with Gasteiger partial charge in [-0.05, 0) is 122 Å². The molecule has 0 heterocycles. The minimum absolute atomic E-state index is 0.00188. The molecular weight excluding hydrogens is 788 g/mol. The number of ether oxygens (including phenoxy) is 1. The van der Waals surface area contributed by atoms with E-state index in [-0.39, 0.29) is 28.3 Å². The molecule has 2 N–H and O–H groups in total. The summed E-state index contributed by atoms with van der Waals surface area (Å²) < 4.78 is 38.3. The van der Waals surface area contributed by atoms with Crippen LogP contribution in [0.15, 0.2) is 103 Å². The van der Waals surface area contributed by atoms with Gasteiger partial charge in [-0.25, -0.2) is 8.78 Å². The average Bonchev–Trinajstić information content (AvgIpc) is 3.01. The summed E-state index contributed by atoms with van der Waals surface area (Å²) in [5.41, 5.74) is 2.90. The van der Waals surface area contributed by atoms with Crippen molar-refractivity contribution in [3.63, 3.8) is 0 Å². The third kappa shape index (κ3) is 7.62. The first-order chi connectivity index (χ1) is 21.2. The number of carbonyl (C=O) groups is 2.